The second kappa shape index (κ2) is 8.07. The second-order valence-electron chi connectivity index (χ2n) is 6.17. The Morgan fingerprint density at radius 3 is 2.54 bits per heavy atom. The number of anilines is 1. The highest BCUT2D eigenvalue weighted by Gasteiger charge is 2.28. The number of aromatic nitrogens is 2. The van der Waals surface area contributed by atoms with Gasteiger partial charge in [-0.05, 0) is 76.2 Å². The lowest BCUT2D eigenvalue weighted by molar-refractivity contribution is -0.113. The van der Waals surface area contributed by atoms with Crippen LogP contribution in [0, 0.1) is 25.2 Å². The Bertz CT molecular complexity index is 899. The topological polar surface area (TPSA) is 78.7 Å². The molecule has 1 heterocycles. The van der Waals surface area contributed by atoms with Crippen molar-refractivity contribution in [3.05, 3.63) is 43.7 Å². The molecule has 0 aliphatic heterocycles. The molecule has 3 rings (SSSR count). The maximum atomic E-state index is 12.4. The van der Waals surface area contributed by atoms with Gasteiger partial charge in [0.2, 0.25) is 5.91 Å². The predicted molar refractivity (Wildman–Crippen MR) is 109 cm³/mol. The van der Waals surface area contributed by atoms with Crippen LogP contribution in [-0.4, -0.2) is 21.6 Å². The smallest absolute Gasteiger partial charge is 0.234 e. The van der Waals surface area contributed by atoms with Crippen LogP contribution >= 0.6 is 43.6 Å². The molecular formula is C18H16Br2N4OS. The van der Waals surface area contributed by atoms with E-state index in [1.807, 2.05) is 26.0 Å². The van der Waals surface area contributed by atoms with Gasteiger partial charge in [-0.2, -0.15) is 5.26 Å². The van der Waals surface area contributed by atoms with Crippen LogP contribution in [0.5, 0.6) is 0 Å². The highest BCUT2D eigenvalue weighted by molar-refractivity contribution is 9.11. The summed E-state index contributed by atoms with van der Waals surface area (Å²) in [7, 11) is 0. The van der Waals surface area contributed by atoms with E-state index in [1.165, 1.54) is 11.8 Å². The van der Waals surface area contributed by atoms with E-state index in [4.69, 9.17) is 0 Å². The number of nitrogens with zero attached hydrogens (tertiary/aromatic N) is 3. The van der Waals surface area contributed by atoms with Gasteiger partial charge in [0.1, 0.15) is 22.5 Å². The van der Waals surface area contributed by atoms with Crippen molar-refractivity contribution in [3.8, 4) is 6.07 Å². The number of rotatable bonds is 5. The molecule has 8 heteroatoms. The molecule has 0 saturated heterocycles. The molecule has 1 fully saturated rings. The molecule has 1 aromatic heterocycles. The zero-order valence-electron chi connectivity index (χ0n) is 14.3. The molecule has 134 valence electrons. The summed E-state index contributed by atoms with van der Waals surface area (Å²) in [4.78, 5) is 21.3. The fourth-order valence-corrected chi connectivity index (χ4v) is 4.90. The highest BCUT2D eigenvalue weighted by atomic mass is 79.9. The first-order valence-corrected chi connectivity index (χ1v) is 10.6. The molecule has 5 nitrogen and oxygen atoms in total. The first-order chi connectivity index (χ1) is 12.4. The molecule has 1 saturated carbocycles. The third-order valence-electron chi connectivity index (χ3n) is 3.92. The number of thioether (sulfide) groups is 1. The van der Waals surface area contributed by atoms with Gasteiger partial charge >= 0.3 is 0 Å². The number of benzene rings is 1. The Morgan fingerprint density at radius 2 is 1.96 bits per heavy atom. The molecule has 0 bridgehead atoms. The molecular weight excluding hydrogens is 480 g/mol. The predicted octanol–water partition coefficient (Wildman–Crippen LogP) is 5.10. The SMILES string of the molecule is Cc1cc(Br)c(NC(=O)CSc2nc(C3CC3)nc(C)c2C#N)c(Br)c1. The van der Waals surface area contributed by atoms with E-state index >= 15 is 0 Å². The molecule has 26 heavy (non-hydrogen) atoms. The summed E-state index contributed by atoms with van der Waals surface area (Å²) in [5.74, 6) is 1.19. The molecule has 0 unspecified atom stereocenters. The van der Waals surface area contributed by atoms with Crippen molar-refractivity contribution < 1.29 is 4.79 Å². The monoisotopic (exact) mass is 494 g/mol. The quantitative estimate of drug-likeness (QED) is 0.461. The van der Waals surface area contributed by atoms with Crippen LogP contribution in [-0.2, 0) is 4.79 Å². The van der Waals surface area contributed by atoms with E-state index in [0.29, 0.717) is 27.9 Å². The van der Waals surface area contributed by atoms with Crippen LogP contribution in [0.25, 0.3) is 0 Å². The summed E-state index contributed by atoms with van der Waals surface area (Å²) >= 11 is 8.22. The van der Waals surface area contributed by atoms with E-state index in [1.54, 1.807) is 0 Å². The number of aryl methyl sites for hydroxylation is 2. The van der Waals surface area contributed by atoms with Gasteiger partial charge in [0.05, 0.1) is 17.1 Å². The summed E-state index contributed by atoms with van der Waals surface area (Å²) in [5, 5.41) is 12.9. The van der Waals surface area contributed by atoms with E-state index in [2.05, 4.69) is 53.2 Å². The van der Waals surface area contributed by atoms with Gasteiger partial charge in [0.25, 0.3) is 0 Å². The van der Waals surface area contributed by atoms with Gasteiger partial charge in [0.15, 0.2) is 0 Å². The van der Waals surface area contributed by atoms with Crippen molar-refractivity contribution >= 4 is 55.2 Å². The van der Waals surface area contributed by atoms with Crippen LogP contribution in [0.2, 0.25) is 0 Å². The van der Waals surface area contributed by atoms with Crippen molar-refractivity contribution in [2.45, 2.75) is 37.6 Å². The lowest BCUT2D eigenvalue weighted by atomic mass is 10.2. The van der Waals surface area contributed by atoms with Gasteiger partial charge in [-0.1, -0.05) is 11.8 Å². The summed E-state index contributed by atoms with van der Waals surface area (Å²) in [6.07, 6.45) is 2.18. The van der Waals surface area contributed by atoms with Gasteiger partial charge < -0.3 is 5.32 Å². The standard InChI is InChI=1S/C18H16Br2N4OS/c1-9-5-13(19)16(14(20)6-9)23-15(25)8-26-18-12(7-21)10(2)22-17(24-18)11-3-4-11/h5-6,11H,3-4,8H2,1-2H3,(H,23,25). The van der Waals surface area contributed by atoms with E-state index in [9.17, 15) is 10.1 Å². The van der Waals surface area contributed by atoms with Crippen molar-refractivity contribution in [3.63, 3.8) is 0 Å². The Morgan fingerprint density at radius 1 is 1.31 bits per heavy atom. The Kier molecular flexibility index (Phi) is 6.00. The lowest BCUT2D eigenvalue weighted by Gasteiger charge is -2.11. The van der Waals surface area contributed by atoms with Gasteiger partial charge in [-0.25, -0.2) is 9.97 Å². The van der Waals surface area contributed by atoms with Crippen LogP contribution in [0.1, 0.15) is 41.4 Å². The molecule has 1 aliphatic rings. The zero-order chi connectivity index (χ0) is 18.8. The van der Waals surface area contributed by atoms with Gasteiger partial charge in [0, 0.05) is 14.9 Å². The Balaban J connectivity index is 1.73. The third-order valence-corrected chi connectivity index (χ3v) is 6.15. The van der Waals surface area contributed by atoms with Crippen LogP contribution < -0.4 is 5.32 Å². The molecule has 1 N–H and O–H groups in total. The highest BCUT2D eigenvalue weighted by Crippen LogP contribution is 2.39. The molecule has 1 aromatic carbocycles. The number of nitriles is 1. The number of halogens is 2. The zero-order valence-corrected chi connectivity index (χ0v) is 18.3. The lowest BCUT2D eigenvalue weighted by Crippen LogP contribution is -2.15. The Hall–Kier alpha value is -1.43. The number of hydrogen-bond acceptors (Lipinski definition) is 5. The van der Waals surface area contributed by atoms with Gasteiger partial charge in [-0.3, -0.25) is 4.79 Å². The van der Waals surface area contributed by atoms with Crippen molar-refractivity contribution in [2.75, 3.05) is 11.1 Å². The summed E-state index contributed by atoms with van der Waals surface area (Å²) < 4.78 is 1.63. The summed E-state index contributed by atoms with van der Waals surface area (Å²) in [6, 6.07) is 6.04. The minimum atomic E-state index is -0.159. The summed E-state index contributed by atoms with van der Waals surface area (Å²) in [6.45, 7) is 3.80. The average molecular weight is 496 g/mol. The largest absolute Gasteiger partial charge is 0.323 e. The summed E-state index contributed by atoms with van der Waals surface area (Å²) in [5.41, 5.74) is 2.90. The number of nitrogens with one attached hydrogen (secondary N) is 1. The minimum Gasteiger partial charge on any atom is -0.323 e. The Labute approximate surface area is 173 Å². The van der Waals surface area contributed by atoms with Gasteiger partial charge in [-0.15, -0.1) is 0 Å². The maximum Gasteiger partial charge on any atom is 0.234 e. The molecule has 0 spiro atoms. The molecule has 1 aliphatic carbocycles. The van der Waals surface area contributed by atoms with Crippen LogP contribution in [0.4, 0.5) is 5.69 Å². The fraction of sp³-hybridized carbons (Fsp3) is 0.333. The van der Waals surface area contributed by atoms with Crippen molar-refractivity contribution in [1.29, 1.82) is 5.26 Å². The van der Waals surface area contributed by atoms with E-state index < -0.39 is 0 Å². The van der Waals surface area contributed by atoms with E-state index in [0.717, 1.165) is 33.2 Å². The van der Waals surface area contributed by atoms with Crippen LogP contribution in [0.3, 0.4) is 0 Å². The first-order valence-electron chi connectivity index (χ1n) is 8.06. The molecule has 0 radical (unpaired) electrons. The average Bonchev–Trinajstić information content (AvgIpc) is 3.40. The number of carbonyl (C=O) groups excluding carboxylic acids is 1. The fourth-order valence-electron chi connectivity index (χ4n) is 2.45. The second-order valence-corrected chi connectivity index (χ2v) is 8.85. The molecule has 0 atom stereocenters. The number of carbonyl (C=O) groups is 1. The first kappa shape index (κ1) is 19.3. The van der Waals surface area contributed by atoms with Crippen LogP contribution in [0.15, 0.2) is 26.1 Å². The minimum absolute atomic E-state index is 0.159. The number of amides is 1. The normalized spacial score (nSPS) is 13.3. The van der Waals surface area contributed by atoms with E-state index in [-0.39, 0.29) is 11.7 Å². The molecule has 2 aromatic rings. The third kappa shape index (κ3) is 4.45. The molecule has 1 amide bonds. The van der Waals surface area contributed by atoms with Crippen molar-refractivity contribution in [2.24, 2.45) is 0 Å². The number of hydrogen-bond donors (Lipinski definition) is 1. The maximum absolute atomic E-state index is 12.4. The van der Waals surface area contributed by atoms with Crippen molar-refractivity contribution in [1.82, 2.24) is 9.97 Å².